The van der Waals surface area contributed by atoms with Crippen molar-refractivity contribution in [3.8, 4) is 0 Å². The topological polar surface area (TPSA) is 38.4 Å². The molecule has 0 bridgehead atoms. The molecule has 0 fully saturated rings. The number of hydrogen-bond acceptors (Lipinski definition) is 2. The molecule has 0 spiro atoms. The Morgan fingerprint density at radius 2 is 2.00 bits per heavy atom. The lowest BCUT2D eigenvalue weighted by Crippen LogP contribution is -2.12. The smallest absolute Gasteiger partial charge is 0.0684 e. The van der Waals surface area contributed by atoms with Crippen LogP contribution in [-0.4, -0.2) is 5.71 Å². The standard InChI is InChI=1S/C11H14N2/c1-11(2)7-10(13-12)8-5-3-4-6-9(8)11/h3-6H,7,12H2,1-2H3/b13-10+. The molecule has 2 nitrogen and oxygen atoms in total. The van der Waals surface area contributed by atoms with Gasteiger partial charge in [0.05, 0.1) is 5.71 Å². The lowest BCUT2D eigenvalue weighted by atomic mass is 9.87. The zero-order valence-corrected chi connectivity index (χ0v) is 8.04. The van der Waals surface area contributed by atoms with Crippen molar-refractivity contribution in [2.24, 2.45) is 10.9 Å². The molecule has 2 N–H and O–H groups in total. The zero-order valence-electron chi connectivity index (χ0n) is 8.04. The lowest BCUT2D eigenvalue weighted by Gasteiger charge is -2.17. The minimum atomic E-state index is 0.189. The number of nitrogens with zero attached hydrogens (tertiary/aromatic N) is 1. The monoisotopic (exact) mass is 174 g/mol. The van der Waals surface area contributed by atoms with Crippen molar-refractivity contribution in [2.45, 2.75) is 25.7 Å². The summed E-state index contributed by atoms with van der Waals surface area (Å²) in [7, 11) is 0. The van der Waals surface area contributed by atoms with Crippen molar-refractivity contribution in [3.05, 3.63) is 35.4 Å². The van der Waals surface area contributed by atoms with Crippen LogP contribution in [0.3, 0.4) is 0 Å². The van der Waals surface area contributed by atoms with Crippen molar-refractivity contribution < 1.29 is 0 Å². The Morgan fingerprint density at radius 3 is 2.69 bits per heavy atom. The molecular weight excluding hydrogens is 160 g/mol. The van der Waals surface area contributed by atoms with E-state index in [9.17, 15) is 0 Å². The van der Waals surface area contributed by atoms with Crippen LogP contribution in [0.4, 0.5) is 0 Å². The quantitative estimate of drug-likeness (QED) is 0.474. The predicted molar refractivity (Wildman–Crippen MR) is 54.8 cm³/mol. The van der Waals surface area contributed by atoms with E-state index in [1.54, 1.807) is 0 Å². The van der Waals surface area contributed by atoms with E-state index in [1.807, 2.05) is 6.07 Å². The molecular formula is C11H14N2. The van der Waals surface area contributed by atoms with Gasteiger partial charge in [0.15, 0.2) is 0 Å². The molecule has 1 aliphatic carbocycles. The van der Waals surface area contributed by atoms with E-state index in [4.69, 9.17) is 5.84 Å². The second-order valence-corrected chi connectivity index (χ2v) is 4.18. The van der Waals surface area contributed by atoms with Gasteiger partial charge in [-0.25, -0.2) is 0 Å². The highest BCUT2D eigenvalue weighted by molar-refractivity contribution is 6.05. The molecule has 0 amide bonds. The van der Waals surface area contributed by atoms with E-state index in [1.165, 1.54) is 11.1 Å². The molecule has 2 heteroatoms. The van der Waals surface area contributed by atoms with Crippen LogP contribution < -0.4 is 5.84 Å². The molecule has 1 aliphatic rings. The average Bonchev–Trinajstić information content (AvgIpc) is 2.39. The Hall–Kier alpha value is -1.31. The van der Waals surface area contributed by atoms with E-state index in [2.05, 4.69) is 37.1 Å². The van der Waals surface area contributed by atoms with Gasteiger partial charge in [0.2, 0.25) is 0 Å². The number of hydrazone groups is 1. The molecule has 13 heavy (non-hydrogen) atoms. The molecule has 1 aromatic carbocycles. The molecule has 0 atom stereocenters. The number of fused-ring (bicyclic) bond motifs is 1. The van der Waals surface area contributed by atoms with E-state index >= 15 is 0 Å². The summed E-state index contributed by atoms with van der Waals surface area (Å²) in [5, 5.41) is 3.84. The van der Waals surface area contributed by atoms with E-state index < -0.39 is 0 Å². The molecule has 0 aliphatic heterocycles. The normalized spacial score (nSPS) is 21.8. The largest absolute Gasteiger partial charge is 0.323 e. The van der Waals surface area contributed by atoms with Crippen molar-refractivity contribution in [2.75, 3.05) is 0 Å². The SMILES string of the molecule is CC1(C)C/C(=N\N)c2ccccc21. The van der Waals surface area contributed by atoms with Gasteiger partial charge >= 0.3 is 0 Å². The van der Waals surface area contributed by atoms with Gasteiger partial charge in [-0.2, -0.15) is 5.10 Å². The Labute approximate surface area is 78.5 Å². The Balaban J connectivity index is 2.64. The van der Waals surface area contributed by atoms with Gasteiger partial charge in [-0.05, 0) is 11.0 Å². The highest BCUT2D eigenvalue weighted by Gasteiger charge is 2.33. The fourth-order valence-corrected chi connectivity index (χ4v) is 2.05. The second-order valence-electron chi connectivity index (χ2n) is 4.18. The maximum atomic E-state index is 5.36. The molecule has 0 saturated heterocycles. The molecule has 68 valence electrons. The summed E-state index contributed by atoms with van der Waals surface area (Å²) in [4.78, 5) is 0. The van der Waals surface area contributed by atoms with Crippen LogP contribution in [0.25, 0.3) is 0 Å². The van der Waals surface area contributed by atoms with Crippen LogP contribution >= 0.6 is 0 Å². The third kappa shape index (κ3) is 1.13. The van der Waals surface area contributed by atoms with E-state index in [0.717, 1.165) is 12.1 Å². The van der Waals surface area contributed by atoms with Crippen LogP contribution in [0.1, 0.15) is 31.4 Å². The van der Waals surface area contributed by atoms with E-state index in [-0.39, 0.29) is 5.41 Å². The molecule has 0 heterocycles. The number of benzene rings is 1. The molecule has 2 rings (SSSR count). The average molecular weight is 174 g/mol. The van der Waals surface area contributed by atoms with Crippen molar-refractivity contribution in [1.82, 2.24) is 0 Å². The summed E-state index contributed by atoms with van der Waals surface area (Å²) in [6.45, 7) is 4.45. The Bertz CT molecular complexity index is 364. The van der Waals surface area contributed by atoms with Gasteiger partial charge in [0, 0.05) is 12.0 Å². The Kier molecular flexibility index (Phi) is 1.65. The van der Waals surface area contributed by atoms with Crippen molar-refractivity contribution in [3.63, 3.8) is 0 Å². The summed E-state index contributed by atoms with van der Waals surface area (Å²) in [5.74, 6) is 5.36. The van der Waals surface area contributed by atoms with Crippen LogP contribution in [0.5, 0.6) is 0 Å². The summed E-state index contributed by atoms with van der Waals surface area (Å²) >= 11 is 0. The van der Waals surface area contributed by atoms with Crippen molar-refractivity contribution >= 4 is 5.71 Å². The van der Waals surface area contributed by atoms with Crippen molar-refractivity contribution in [1.29, 1.82) is 0 Å². The maximum absolute atomic E-state index is 5.36. The first-order valence-electron chi connectivity index (χ1n) is 4.52. The first kappa shape index (κ1) is 8.30. The van der Waals surface area contributed by atoms with Gasteiger partial charge in [-0.15, -0.1) is 0 Å². The first-order chi connectivity index (χ1) is 6.15. The summed E-state index contributed by atoms with van der Waals surface area (Å²) in [5.41, 5.74) is 3.80. The maximum Gasteiger partial charge on any atom is 0.0684 e. The number of nitrogens with two attached hydrogens (primary N) is 1. The van der Waals surface area contributed by atoms with Gasteiger partial charge in [-0.1, -0.05) is 38.1 Å². The Morgan fingerprint density at radius 1 is 1.31 bits per heavy atom. The molecule has 0 saturated carbocycles. The fraction of sp³-hybridized carbons (Fsp3) is 0.364. The summed E-state index contributed by atoms with van der Waals surface area (Å²) < 4.78 is 0. The van der Waals surface area contributed by atoms with E-state index in [0.29, 0.717) is 0 Å². The number of rotatable bonds is 0. The van der Waals surface area contributed by atoms with Gasteiger partial charge in [0.1, 0.15) is 0 Å². The summed E-state index contributed by atoms with van der Waals surface area (Å²) in [6.07, 6.45) is 0.947. The summed E-state index contributed by atoms with van der Waals surface area (Å²) in [6, 6.07) is 8.36. The zero-order chi connectivity index (χ0) is 9.47. The van der Waals surface area contributed by atoms with Gasteiger partial charge < -0.3 is 5.84 Å². The van der Waals surface area contributed by atoms with Crippen LogP contribution in [0, 0.1) is 0 Å². The number of hydrogen-bond donors (Lipinski definition) is 1. The minimum absolute atomic E-state index is 0.189. The third-order valence-corrected chi connectivity index (χ3v) is 2.73. The van der Waals surface area contributed by atoms with Crippen LogP contribution in [0.15, 0.2) is 29.4 Å². The first-order valence-corrected chi connectivity index (χ1v) is 4.52. The third-order valence-electron chi connectivity index (χ3n) is 2.73. The molecule has 1 aromatic rings. The highest BCUT2D eigenvalue weighted by atomic mass is 15.1. The molecule has 0 radical (unpaired) electrons. The minimum Gasteiger partial charge on any atom is -0.323 e. The lowest BCUT2D eigenvalue weighted by molar-refractivity contribution is 0.567. The molecule has 0 unspecified atom stereocenters. The van der Waals surface area contributed by atoms with Crippen LogP contribution in [0.2, 0.25) is 0 Å². The van der Waals surface area contributed by atoms with Gasteiger partial charge in [0.25, 0.3) is 0 Å². The fourth-order valence-electron chi connectivity index (χ4n) is 2.05. The molecule has 0 aromatic heterocycles. The van der Waals surface area contributed by atoms with Crippen LogP contribution in [-0.2, 0) is 5.41 Å². The second kappa shape index (κ2) is 2.59. The highest BCUT2D eigenvalue weighted by Crippen LogP contribution is 2.37. The van der Waals surface area contributed by atoms with Gasteiger partial charge in [-0.3, -0.25) is 0 Å². The predicted octanol–water partition coefficient (Wildman–Crippen LogP) is 2.03.